The van der Waals surface area contributed by atoms with Crippen LogP contribution in [-0.4, -0.2) is 19.1 Å². The number of halogens is 1. The van der Waals surface area contributed by atoms with Crippen molar-refractivity contribution in [1.82, 2.24) is 0 Å². The van der Waals surface area contributed by atoms with Crippen LogP contribution in [0.25, 0.3) is 0 Å². The van der Waals surface area contributed by atoms with Crippen molar-refractivity contribution in [3.05, 3.63) is 29.6 Å². The number of nitrogens with zero attached hydrogens (tertiary/aromatic N) is 1. The number of benzene rings is 1. The van der Waals surface area contributed by atoms with Gasteiger partial charge in [0, 0.05) is 18.3 Å². The van der Waals surface area contributed by atoms with E-state index in [9.17, 15) is 4.39 Å². The van der Waals surface area contributed by atoms with Crippen LogP contribution in [0.3, 0.4) is 0 Å². The molecule has 1 aromatic carbocycles. The van der Waals surface area contributed by atoms with E-state index in [2.05, 4.69) is 24.8 Å². The van der Waals surface area contributed by atoms with Gasteiger partial charge in [-0.05, 0) is 55.5 Å². The second-order valence-electron chi connectivity index (χ2n) is 5.63. The van der Waals surface area contributed by atoms with Crippen LogP contribution in [0.4, 0.5) is 10.1 Å². The second-order valence-corrected chi connectivity index (χ2v) is 5.63. The van der Waals surface area contributed by atoms with Crippen molar-refractivity contribution in [2.75, 3.05) is 18.0 Å². The molecule has 100 valence electrons. The molecule has 1 aliphatic rings. The first-order valence-corrected chi connectivity index (χ1v) is 6.86. The monoisotopic (exact) mass is 250 g/mol. The van der Waals surface area contributed by atoms with E-state index in [4.69, 9.17) is 5.73 Å². The molecule has 1 fully saturated rings. The Bertz CT molecular complexity index is 399. The predicted octanol–water partition coefficient (Wildman–Crippen LogP) is 2.95. The van der Waals surface area contributed by atoms with Gasteiger partial charge in [-0.2, -0.15) is 0 Å². The van der Waals surface area contributed by atoms with Gasteiger partial charge in [-0.3, -0.25) is 0 Å². The molecule has 3 heteroatoms. The molecule has 0 bridgehead atoms. The van der Waals surface area contributed by atoms with Crippen LogP contribution in [0.2, 0.25) is 0 Å². The van der Waals surface area contributed by atoms with Crippen LogP contribution in [0.1, 0.15) is 32.3 Å². The van der Waals surface area contributed by atoms with Crippen molar-refractivity contribution < 1.29 is 4.39 Å². The zero-order chi connectivity index (χ0) is 13.1. The van der Waals surface area contributed by atoms with Gasteiger partial charge in [-0.25, -0.2) is 4.39 Å². The van der Waals surface area contributed by atoms with Gasteiger partial charge in [0.25, 0.3) is 0 Å². The molecule has 0 unspecified atom stereocenters. The van der Waals surface area contributed by atoms with Gasteiger partial charge >= 0.3 is 0 Å². The first-order chi connectivity index (χ1) is 8.60. The van der Waals surface area contributed by atoms with Crippen molar-refractivity contribution in [2.45, 2.75) is 39.2 Å². The van der Waals surface area contributed by atoms with Gasteiger partial charge in [-0.1, -0.05) is 13.8 Å². The first-order valence-electron chi connectivity index (χ1n) is 6.86. The van der Waals surface area contributed by atoms with Gasteiger partial charge in [0.05, 0.1) is 0 Å². The summed E-state index contributed by atoms with van der Waals surface area (Å²) in [4.78, 5) is 2.35. The topological polar surface area (TPSA) is 29.3 Å². The summed E-state index contributed by atoms with van der Waals surface area (Å²) in [5, 5.41) is 0. The Morgan fingerprint density at radius 2 is 2.06 bits per heavy atom. The van der Waals surface area contributed by atoms with Gasteiger partial charge in [-0.15, -0.1) is 0 Å². The fourth-order valence-corrected chi connectivity index (χ4v) is 2.36. The molecule has 2 N–H and O–H groups in total. The smallest absolute Gasteiger partial charge is 0.125 e. The quantitative estimate of drug-likeness (QED) is 0.841. The minimum absolute atomic E-state index is 0.148. The summed E-state index contributed by atoms with van der Waals surface area (Å²) in [6.45, 7) is 5.97. The number of rotatable bonds is 6. The highest BCUT2D eigenvalue weighted by Crippen LogP contribution is 2.33. The minimum atomic E-state index is -0.148. The fraction of sp³-hybridized carbons (Fsp3) is 0.600. The number of nitrogens with two attached hydrogens (primary N) is 1. The number of hydrogen-bond acceptors (Lipinski definition) is 2. The summed E-state index contributed by atoms with van der Waals surface area (Å²) in [6, 6.07) is 5.95. The van der Waals surface area contributed by atoms with E-state index >= 15 is 0 Å². The molecule has 0 radical (unpaired) electrons. The Kier molecular flexibility index (Phi) is 4.23. The van der Waals surface area contributed by atoms with Crippen molar-refractivity contribution in [2.24, 2.45) is 11.7 Å². The standard InChI is InChI=1S/C15H23FN2/c1-11(2)10-18(14-3-4-14)15-8-12(5-6-17)7-13(16)9-15/h7-9,11,14H,3-6,10,17H2,1-2H3. The van der Waals surface area contributed by atoms with Crippen LogP contribution < -0.4 is 10.6 Å². The molecule has 0 aliphatic heterocycles. The van der Waals surface area contributed by atoms with Crippen LogP contribution in [-0.2, 0) is 6.42 Å². The Labute approximate surface area is 109 Å². The number of hydrogen-bond donors (Lipinski definition) is 1. The molecule has 0 saturated heterocycles. The average molecular weight is 250 g/mol. The summed E-state index contributed by atoms with van der Waals surface area (Å²) >= 11 is 0. The third-order valence-corrected chi connectivity index (χ3v) is 3.26. The van der Waals surface area contributed by atoms with Crippen LogP contribution in [0.5, 0.6) is 0 Å². The molecule has 0 amide bonds. The lowest BCUT2D eigenvalue weighted by molar-refractivity contribution is 0.598. The average Bonchev–Trinajstić information content (AvgIpc) is 3.09. The van der Waals surface area contributed by atoms with Crippen LogP contribution in [0, 0.1) is 11.7 Å². The van der Waals surface area contributed by atoms with Crippen LogP contribution >= 0.6 is 0 Å². The summed E-state index contributed by atoms with van der Waals surface area (Å²) < 4.78 is 13.7. The van der Waals surface area contributed by atoms with E-state index < -0.39 is 0 Å². The molecule has 0 heterocycles. The van der Waals surface area contributed by atoms with E-state index in [0.717, 1.165) is 24.2 Å². The Morgan fingerprint density at radius 1 is 1.33 bits per heavy atom. The summed E-state index contributed by atoms with van der Waals surface area (Å²) in [6.07, 6.45) is 3.20. The van der Waals surface area contributed by atoms with Crippen LogP contribution in [0.15, 0.2) is 18.2 Å². The van der Waals surface area contributed by atoms with Crippen molar-refractivity contribution in [3.63, 3.8) is 0 Å². The van der Waals surface area contributed by atoms with E-state index in [-0.39, 0.29) is 5.82 Å². The van der Waals surface area contributed by atoms with Crippen molar-refractivity contribution in [1.29, 1.82) is 0 Å². The molecule has 1 aromatic rings. The van der Waals surface area contributed by atoms with Gasteiger partial charge in [0.15, 0.2) is 0 Å². The summed E-state index contributed by atoms with van der Waals surface area (Å²) in [7, 11) is 0. The molecule has 2 rings (SSSR count). The number of anilines is 1. The van der Waals surface area contributed by atoms with E-state index in [1.807, 2.05) is 0 Å². The summed E-state index contributed by atoms with van der Waals surface area (Å²) in [5.41, 5.74) is 7.58. The lowest BCUT2D eigenvalue weighted by Crippen LogP contribution is -2.30. The molecule has 2 nitrogen and oxygen atoms in total. The zero-order valence-electron chi connectivity index (χ0n) is 11.3. The molecule has 1 aliphatic carbocycles. The highest BCUT2D eigenvalue weighted by atomic mass is 19.1. The highest BCUT2D eigenvalue weighted by molar-refractivity contribution is 5.51. The first kappa shape index (κ1) is 13.3. The maximum Gasteiger partial charge on any atom is 0.125 e. The van der Waals surface area contributed by atoms with Crippen molar-refractivity contribution >= 4 is 5.69 Å². The predicted molar refractivity (Wildman–Crippen MR) is 74.4 cm³/mol. The van der Waals surface area contributed by atoms with E-state index in [1.165, 1.54) is 12.8 Å². The lowest BCUT2D eigenvalue weighted by Gasteiger charge is -2.27. The molecule has 1 saturated carbocycles. The lowest BCUT2D eigenvalue weighted by atomic mass is 10.1. The normalized spacial score (nSPS) is 15.2. The third-order valence-electron chi connectivity index (χ3n) is 3.26. The van der Waals surface area contributed by atoms with Crippen molar-refractivity contribution in [3.8, 4) is 0 Å². The largest absolute Gasteiger partial charge is 0.368 e. The molecular weight excluding hydrogens is 227 g/mol. The molecule has 0 spiro atoms. The molecule has 0 atom stereocenters. The Morgan fingerprint density at radius 3 is 2.61 bits per heavy atom. The fourth-order valence-electron chi connectivity index (χ4n) is 2.36. The molecular formula is C15H23FN2. The molecule has 18 heavy (non-hydrogen) atoms. The van der Waals surface area contributed by atoms with Gasteiger partial charge in [0.1, 0.15) is 5.82 Å². The SMILES string of the molecule is CC(C)CN(c1cc(F)cc(CCN)c1)C1CC1. The minimum Gasteiger partial charge on any atom is -0.368 e. The Hall–Kier alpha value is -1.09. The maximum atomic E-state index is 13.7. The highest BCUT2D eigenvalue weighted by Gasteiger charge is 2.29. The Balaban J connectivity index is 2.22. The second kappa shape index (κ2) is 5.70. The zero-order valence-corrected chi connectivity index (χ0v) is 11.3. The van der Waals surface area contributed by atoms with Gasteiger partial charge < -0.3 is 10.6 Å². The summed E-state index contributed by atoms with van der Waals surface area (Å²) in [5.74, 6) is 0.442. The molecule has 0 aromatic heterocycles. The van der Waals surface area contributed by atoms with Gasteiger partial charge in [0.2, 0.25) is 0 Å². The third kappa shape index (κ3) is 3.45. The van der Waals surface area contributed by atoms with E-state index in [1.54, 1.807) is 12.1 Å². The maximum absolute atomic E-state index is 13.7. The van der Waals surface area contributed by atoms with E-state index in [0.29, 0.717) is 18.5 Å².